The van der Waals surface area contributed by atoms with Gasteiger partial charge >= 0.3 is 6.18 Å². The zero-order valence-electron chi connectivity index (χ0n) is 18.3. The minimum Gasteiger partial charge on any atom is -0.373 e. The van der Waals surface area contributed by atoms with Crippen LogP contribution in [0.15, 0.2) is 24.3 Å². The highest BCUT2D eigenvalue weighted by atomic mass is 32.2. The van der Waals surface area contributed by atoms with Crippen molar-refractivity contribution in [3.63, 3.8) is 0 Å². The van der Waals surface area contributed by atoms with Gasteiger partial charge in [-0.1, -0.05) is 0 Å². The second kappa shape index (κ2) is 9.64. The number of anilines is 1. The van der Waals surface area contributed by atoms with Crippen molar-refractivity contribution >= 4 is 21.8 Å². The predicted molar refractivity (Wildman–Crippen MR) is 113 cm³/mol. The molecule has 8 nitrogen and oxygen atoms in total. The second-order valence-electron chi connectivity index (χ2n) is 8.26. The quantitative estimate of drug-likeness (QED) is 0.700. The van der Waals surface area contributed by atoms with Crippen molar-refractivity contribution in [3.05, 3.63) is 29.8 Å². The highest BCUT2D eigenvalue weighted by Gasteiger charge is 2.38. The minimum atomic E-state index is -4.44. The number of halogens is 3. The number of ether oxygens (including phenoxy) is 1. The zero-order chi connectivity index (χ0) is 23.7. The number of nitrogens with one attached hydrogen (secondary N) is 1. The van der Waals surface area contributed by atoms with E-state index in [0.29, 0.717) is 26.2 Å². The molecule has 3 atom stereocenters. The molecule has 1 aromatic carbocycles. The number of morpholine rings is 1. The number of hydrogen-bond acceptors (Lipinski definition) is 5. The molecule has 180 valence electrons. The monoisotopic (exact) mass is 478 g/mol. The predicted octanol–water partition coefficient (Wildman–Crippen LogP) is 2.00. The number of carbonyl (C=O) groups is 1. The average Bonchev–Trinajstić information content (AvgIpc) is 2.72. The molecule has 12 heteroatoms. The molecule has 0 radical (unpaired) electrons. The number of rotatable bonds is 5. The van der Waals surface area contributed by atoms with Crippen molar-refractivity contribution in [1.82, 2.24) is 13.5 Å². The second-order valence-corrected chi connectivity index (χ2v) is 10.2. The van der Waals surface area contributed by atoms with E-state index < -0.39 is 28.0 Å². The maximum Gasteiger partial charge on any atom is 0.416 e. The molecule has 0 saturated carbocycles. The lowest BCUT2D eigenvalue weighted by atomic mass is 10.2. The smallest absolute Gasteiger partial charge is 0.373 e. The summed E-state index contributed by atoms with van der Waals surface area (Å²) in [4.78, 5) is 14.4. The summed E-state index contributed by atoms with van der Waals surface area (Å²) in [6.45, 7) is 7.22. The van der Waals surface area contributed by atoms with Crippen molar-refractivity contribution in [3.8, 4) is 0 Å². The summed E-state index contributed by atoms with van der Waals surface area (Å²) in [5.74, 6) is -0.364. The number of alkyl halides is 3. The fourth-order valence-electron chi connectivity index (χ4n) is 3.96. The third kappa shape index (κ3) is 5.79. The molecule has 2 saturated heterocycles. The molecule has 0 aliphatic carbocycles. The van der Waals surface area contributed by atoms with Crippen LogP contribution < -0.4 is 5.32 Å². The van der Waals surface area contributed by atoms with Gasteiger partial charge in [-0.05, 0) is 45.0 Å². The van der Waals surface area contributed by atoms with Crippen LogP contribution in [0.2, 0.25) is 0 Å². The Morgan fingerprint density at radius 1 is 1.03 bits per heavy atom. The molecule has 0 aromatic heterocycles. The van der Waals surface area contributed by atoms with Crippen LogP contribution in [0.4, 0.5) is 18.9 Å². The van der Waals surface area contributed by atoms with E-state index in [1.165, 1.54) is 20.7 Å². The molecule has 1 aromatic rings. The Bertz CT molecular complexity index is 892. The Hall–Kier alpha value is -1.73. The molecule has 1 N–H and O–H groups in total. The lowest BCUT2D eigenvalue weighted by Gasteiger charge is -2.41. The lowest BCUT2D eigenvalue weighted by molar-refractivity contribution is -0.137. The Morgan fingerprint density at radius 2 is 1.56 bits per heavy atom. The zero-order valence-corrected chi connectivity index (χ0v) is 19.1. The first-order chi connectivity index (χ1) is 14.9. The molecule has 2 heterocycles. The first-order valence-electron chi connectivity index (χ1n) is 10.5. The van der Waals surface area contributed by atoms with Crippen molar-refractivity contribution in [2.24, 2.45) is 0 Å². The molecule has 2 aliphatic rings. The van der Waals surface area contributed by atoms with Gasteiger partial charge in [0.05, 0.1) is 23.8 Å². The summed E-state index contributed by atoms with van der Waals surface area (Å²) in [7, 11) is -3.62. The third-order valence-electron chi connectivity index (χ3n) is 5.72. The Labute approximate surface area is 186 Å². The number of benzene rings is 1. The maximum absolute atomic E-state index is 13.0. The van der Waals surface area contributed by atoms with E-state index in [-0.39, 0.29) is 36.9 Å². The fourth-order valence-corrected chi connectivity index (χ4v) is 5.71. The van der Waals surface area contributed by atoms with Crippen molar-refractivity contribution < 1.29 is 31.1 Å². The van der Waals surface area contributed by atoms with E-state index in [1.807, 2.05) is 18.7 Å². The van der Waals surface area contributed by atoms with E-state index in [2.05, 4.69) is 5.32 Å². The van der Waals surface area contributed by atoms with E-state index in [9.17, 15) is 26.4 Å². The largest absolute Gasteiger partial charge is 0.416 e. The molecule has 2 aliphatic heterocycles. The van der Waals surface area contributed by atoms with Crippen LogP contribution >= 0.6 is 0 Å². The van der Waals surface area contributed by atoms with E-state index in [1.54, 1.807) is 6.92 Å². The number of nitrogens with zero attached hydrogens (tertiary/aromatic N) is 3. The standard InChI is InChI=1S/C20H29F3N4O4S/c1-14-12-27(13-15(2)31-14)32(29,30)26-10-8-25(9-11-26)16(3)19(28)24-18-6-4-17(5-7-18)20(21,22)23/h4-7,14-16H,8-13H2,1-3H3,(H,24,28)/t14-,15-,16+/m1/s1. The van der Waals surface area contributed by atoms with Crippen LogP contribution in [-0.2, 0) is 25.9 Å². The summed E-state index contributed by atoms with van der Waals surface area (Å²) in [5.41, 5.74) is -0.517. The Morgan fingerprint density at radius 3 is 2.06 bits per heavy atom. The van der Waals surface area contributed by atoms with Crippen molar-refractivity contribution in [1.29, 1.82) is 0 Å². The van der Waals surface area contributed by atoms with Crippen molar-refractivity contribution in [2.75, 3.05) is 44.6 Å². The number of carbonyl (C=O) groups excluding carboxylic acids is 1. The van der Waals surface area contributed by atoms with Gasteiger partial charge in [0.2, 0.25) is 5.91 Å². The number of amides is 1. The molecule has 0 bridgehead atoms. The highest BCUT2D eigenvalue weighted by Crippen LogP contribution is 2.30. The molecule has 0 unspecified atom stereocenters. The van der Waals surface area contributed by atoms with Crippen LogP contribution in [0.25, 0.3) is 0 Å². The Kier molecular flexibility index (Phi) is 7.50. The van der Waals surface area contributed by atoms with Gasteiger partial charge in [0.1, 0.15) is 0 Å². The third-order valence-corrected chi connectivity index (χ3v) is 7.69. The van der Waals surface area contributed by atoms with Crippen LogP contribution in [0, 0.1) is 0 Å². The van der Waals surface area contributed by atoms with Crippen molar-refractivity contribution in [2.45, 2.75) is 45.2 Å². The minimum absolute atomic E-state index is 0.177. The van der Waals surface area contributed by atoms with Gasteiger partial charge < -0.3 is 10.1 Å². The summed E-state index contributed by atoms with van der Waals surface area (Å²) in [5, 5.41) is 2.62. The van der Waals surface area contributed by atoms with Crippen LogP contribution in [0.1, 0.15) is 26.3 Å². The fraction of sp³-hybridized carbons (Fsp3) is 0.650. The maximum atomic E-state index is 13.0. The van der Waals surface area contributed by atoms with E-state index >= 15 is 0 Å². The summed E-state index contributed by atoms with van der Waals surface area (Å²) >= 11 is 0. The molecule has 1 amide bonds. The van der Waals surface area contributed by atoms with Gasteiger partial charge in [-0.3, -0.25) is 9.69 Å². The topological polar surface area (TPSA) is 82.2 Å². The molecular formula is C20H29F3N4O4S. The van der Waals surface area contributed by atoms with Gasteiger partial charge in [0, 0.05) is 45.0 Å². The molecular weight excluding hydrogens is 449 g/mol. The Balaban J connectivity index is 1.54. The summed E-state index contributed by atoms with van der Waals surface area (Å²) in [6, 6.07) is 3.68. The van der Waals surface area contributed by atoms with Crippen LogP contribution in [0.3, 0.4) is 0 Å². The van der Waals surface area contributed by atoms with Crippen LogP contribution in [-0.4, -0.2) is 85.4 Å². The first kappa shape index (κ1) is 24.9. The van der Waals surface area contributed by atoms with E-state index in [0.717, 1.165) is 12.1 Å². The normalized spacial score (nSPS) is 25.4. The lowest BCUT2D eigenvalue weighted by Crippen LogP contribution is -2.58. The van der Waals surface area contributed by atoms with Gasteiger partial charge in [-0.25, -0.2) is 0 Å². The van der Waals surface area contributed by atoms with Gasteiger partial charge in [-0.2, -0.15) is 30.2 Å². The molecule has 0 spiro atoms. The number of piperazine rings is 1. The molecule has 32 heavy (non-hydrogen) atoms. The molecule has 3 rings (SSSR count). The first-order valence-corrected chi connectivity index (χ1v) is 11.9. The summed E-state index contributed by atoms with van der Waals surface area (Å²) in [6.07, 6.45) is -4.79. The average molecular weight is 479 g/mol. The van der Waals surface area contributed by atoms with E-state index in [4.69, 9.17) is 4.74 Å². The van der Waals surface area contributed by atoms with Crippen LogP contribution in [0.5, 0.6) is 0 Å². The molecule has 2 fully saturated rings. The van der Waals surface area contributed by atoms with Gasteiger partial charge in [0.25, 0.3) is 10.2 Å². The summed E-state index contributed by atoms with van der Waals surface area (Å²) < 4.78 is 72.5. The number of hydrogen-bond donors (Lipinski definition) is 1. The van der Waals surface area contributed by atoms with Gasteiger partial charge in [-0.15, -0.1) is 0 Å². The highest BCUT2D eigenvalue weighted by molar-refractivity contribution is 7.86. The SMILES string of the molecule is C[C@@H]1CN(S(=O)(=O)N2CCN([C@@H](C)C(=O)Nc3ccc(C(F)(F)F)cc3)CC2)C[C@@H](C)O1. The van der Waals surface area contributed by atoms with Gasteiger partial charge in [0.15, 0.2) is 0 Å².